The summed E-state index contributed by atoms with van der Waals surface area (Å²) in [6, 6.07) is 6.84. The SMILES string of the molecule is COC(=O)c1ccoc1CSc1cc(Cl)ccc1N. The van der Waals surface area contributed by atoms with E-state index < -0.39 is 5.97 Å². The molecule has 0 atom stereocenters. The molecule has 4 nitrogen and oxygen atoms in total. The summed E-state index contributed by atoms with van der Waals surface area (Å²) in [7, 11) is 1.33. The van der Waals surface area contributed by atoms with Crippen LogP contribution in [-0.2, 0) is 10.5 Å². The lowest BCUT2D eigenvalue weighted by molar-refractivity contribution is 0.0598. The lowest BCUT2D eigenvalue weighted by Crippen LogP contribution is -2.02. The van der Waals surface area contributed by atoms with Crippen molar-refractivity contribution in [1.82, 2.24) is 0 Å². The quantitative estimate of drug-likeness (QED) is 0.531. The molecule has 19 heavy (non-hydrogen) atoms. The van der Waals surface area contributed by atoms with E-state index in [0.29, 0.717) is 27.8 Å². The van der Waals surface area contributed by atoms with Crippen LogP contribution in [0.1, 0.15) is 16.1 Å². The number of esters is 1. The first-order valence-corrected chi connectivity index (χ1v) is 6.80. The van der Waals surface area contributed by atoms with Gasteiger partial charge in [0, 0.05) is 15.6 Å². The highest BCUT2D eigenvalue weighted by atomic mass is 35.5. The summed E-state index contributed by atoms with van der Waals surface area (Å²) in [6.07, 6.45) is 1.46. The minimum atomic E-state index is -0.414. The molecule has 1 aromatic carbocycles. The Morgan fingerprint density at radius 3 is 3.00 bits per heavy atom. The molecule has 0 radical (unpaired) electrons. The average Bonchev–Trinajstić information content (AvgIpc) is 2.87. The molecule has 6 heteroatoms. The van der Waals surface area contributed by atoms with Gasteiger partial charge in [0.15, 0.2) is 0 Å². The third kappa shape index (κ3) is 3.24. The molecule has 0 saturated carbocycles. The van der Waals surface area contributed by atoms with E-state index in [0.717, 1.165) is 4.90 Å². The summed E-state index contributed by atoms with van der Waals surface area (Å²) in [5, 5.41) is 0.615. The van der Waals surface area contributed by atoms with Crippen LogP contribution >= 0.6 is 23.4 Å². The smallest absolute Gasteiger partial charge is 0.341 e. The lowest BCUT2D eigenvalue weighted by Gasteiger charge is -2.05. The number of rotatable bonds is 4. The fraction of sp³-hybridized carbons (Fsp3) is 0.154. The number of hydrogen-bond donors (Lipinski definition) is 1. The Morgan fingerprint density at radius 1 is 1.47 bits per heavy atom. The molecule has 0 spiro atoms. The summed E-state index contributed by atoms with van der Waals surface area (Å²) in [5.74, 6) is 0.613. The van der Waals surface area contributed by atoms with Crippen molar-refractivity contribution in [3.8, 4) is 0 Å². The fourth-order valence-corrected chi connectivity index (χ4v) is 2.71. The molecule has 0 saturated heterocycles. The van der Waals surface area contributed by atoms with E-state index in [1.807, 2.05) is 0 Å². The number of anilines is 1. The Kier molecular flexibility index (Phi) is 4.39. The van der Waals surface area contributed by atoms with Crippen LogP contribution in [0.4, 0.5) is 5.69 Å². The maximum Gasteiger partial charge on any atom is 0.341 e. The molecule has 0 aliphatic carbocycles. The van der Waals surface area contributed by atoms with E-state index in [4.69, 9.17) is 21.8 Å². The van der Waals surface area contributed by atoms with Crippen molar-refractivity contribution in [2.24, 2.45) is 0 Å². The molecule has 1 heterocycles. The molecular formula is C13H12ClNO3S. The summed E-state index contributed by atoms with van der Waals surface area (Å²) in [6.45, 7) is 0. The molecule has 2 rings (SSSR count). The van der Waals surface area contributed by atoms with E-state index in [1.54, 1.807) is 24.3 Å². The number of carbonyl (C=O) groups is 1. The molecule has 0 aliphatic rings. The Labute approximate surface area is 119 Å². The van der Waals surface area contributed by atoms with Gasteiger partial charge in [-0.2, -0.15) is 0 Å². The monoisotopic (exact) mass is 297 g/mol. The van der Waals surface area contributed by atoms with E-state index in [1.165, 1.54) is 25.1 Å². The lowest BCUT2D eigenvalue weighted by atomic mass is 10.3. The second-order valence-electron chi connectivity index (χ2n) is 3.72. The number of nitrogen functional groups attached to an aromatic ring is 1. The second-order valence-corrected chi connectivity index (χ2v) is 5.17. The van der Waals surface area contributed by atoms with Crippen LogP contribution in [0, 0.1) is 0 Å². The third-order valence-electron chi connectivity index (χ3n) is 2.49. The molecule has 2 N–H and O–H groups in total. The van der Waals surface area contributed by atoms with E-state index in [9.17, 15) is 4.79 Å². The maximum absolute atomic E-state index is 11.5. The fourth-order valence-electron chi connectivity index (χ4n) is 1.52. The minimum Gasteiger partial charge on any atom is -0.468 e. The Balaban J connectivity index is 2.13. The molecule has 1 aromatic heterocycles. The van der Waals surface area contributed by atoms with Crippen molar-refractivity contribution < 1.29 is 13.9 Å². The predicted octanol–water partition coefficient (Wildman–Crippen LogP) is 3.59. The van der Waals surface area contributed by atoms with Gasteiger partial charge in [0.05, 0.1) is 19.1 Å². The molecule has 2 aromatic rings. The number of hydrogen-bond acceptors (Lipinski definition) is 5. The van der Waals surface area contributed by atoms with E-state index >= 15 is 0 Å². The van der Waals surface area contributed by atoms with Gasteiger partial charge < -0.3 is 14.9 Å². The average molecular weight is 298 g/mol. The van der Waals surface area contributed by atoms with Crippen molar-refractivity contribution in [2.45, 2.75) is 10.6 Å². The highest BCUT2D eigenvalue weighted by Gasteiger charge is 2.15. The van der Waals surface area contributed by atoms with Gasteiger partial charge in [0.1, 0.15) is 11.3 Å². The van der Waals surface area contributed by atoms with Crippen LogP contribution in [0.2, 0.25) is 5.02 Å². The van der Waals surface area contributed by atoms with Gasteiger partial charge in [-0.3, -0.25) is 0 Å². The molecule has 0 amide bonds. The van der Waals surface area contributed by atoms with Gasteiger partial charge >= 0.3 is 5.97 Å². The van der Waals surface area contributed by atoms with Crippen LogP contribution in [0.3, 0.4) is 0 Å². The van der Waals surface area contributed by atoms with Gasteiger partial charge in [-0.15, -0.1) is 11.8 Å². The number of methoxy groups -OCH3 is 1. The Bertz CT molecular complexity index is 597. The van der Waals surface area contributed by atoms with Crippen molar-refractivity contribution >= 4 is 35.0 Å². The molecule has 0 unspecified atom stereocenters. The number of nitrogens with two attached hydrogens (primary N) is 1. The molecule has 0 aliphatic heterocycles. The Hall–Kier alpha value is -1.59. The zero-order chi connectivity index (χ0) is 13.8. The second kappa shape index (κ2) is 6.04. The molecular weight excluding hydrogens is 286 g/mol. The number of halogens is 1. The molecule has 0 bridgehead atoms. The largest absolute Gasteiger partial charge is 0.468 e. The van der Waals surface area contributed by atoms with Crippen LogP contribution in [-0.4, -0.2) is 13.1 Å². The standard InChI is InChI=1S/C13H12ClNO3S/c1-17-13(16)9-4-5-18-11(9)7-19-12-6-8(14)2-3-10(12)15/h2-6H,7,15H2,1H3. The summed E-state index contributed by atoms with van der Waals surface area (Å²) >= 11 is 7.37. The van der Waals surface area contributed by atoms with E-state index in [2.05, 4.69) is 4.74 Å². The Morgan fingerprint density at radius 2 is 2.26 bits per heavy atom. The first-order valence-electron chi connectivity index (χ1n) is 5.44. The van der Waals surface area contributed by atoms with Gasteiger partial charge in [-0.1, -0.05) is 11.6 Å². The molecule has 0 fully saturated rings. The normalized spacial score (nSPS) is 10.4. The zero-order valence-corrected chi connectivity index (χ0v) is 11.8. The minimum absolute atomic E-state index is 0.414. The van der Waals surface area contributed by atoms with Crippen molar-refractivity contribution in [1.29, 1.82) is 0 Å². The van der Waals surface area contributed by atoms with Gasteiger partial charge in [0.2, 0.25) is 0 Å². The van der Waals surface area contributed by atoms with Gasteiger partial charge in [-0.05, 0) is 24.3 Å². The number of carbonyl (C=O) groups excluding carboxylic acids is 1. The van der Waals surface area contributed by atoms with Crippen molar-refractivity contribution in [2.75, 3.05) is 12.8 Å². The van der Waals surface area contributed by atoms with Crippen LogP contribution < -0.4 is 5.73 Å². The number of benzene rings is 1. The highest BCUT2D eigenvalue weighted by molar-refractivity contribution is 7.98. The zero-order valence-electron chi connectivity index (χ0n) is 10.2. The maximum atomic E-state index is 11.5. The first-order chi connectivity index (χ1) is 9.11. The number of thioether (sulfide) groups is 1. The first kappa shape index (κ1) is 13.8. The van der Waals surface area contributed by atoms with Crippen LogP contribution in [0.15, 0.2) is 39.8 Å². The van der Waals surface area contributed by atoms with Crippen LogP contribution in [0.25, 0.3) is 0 Å². The summed E-state index contributed by atoms with van der Waals surface area (Å²) < 4.78 is 9.96. The number of furan rings is 1. The highest BCUT2D eigenvalue weighted by Crippen LogP contribution is 2.31. The topological polar surface area (TPSA) is 65.5 Å². The third-order valence-corrected chi connectivity index (χ3v) is 3.79. The summed E-state index contributed by atoms with van der Waals surface area (Å²) in [4.78, 5) is 12.3. The predicted molar refractivity (Wildman–Crippen MR) is 75.5 cm³/mol. The number of ether oxygens (including phenoxy) is 1. The van der Waals surface area contributed by atoms with Gasteiger partial charge in [-0.25, -0.2) is 4.79 Å². The van der Waals surface area contributed by atoms with Crippen LogP contribution in [0.5, 0.6) is 0 Å². The summed E-state index contributed by atoms with van der Waals surface area (Å²) in [5.41, 5.74) is 6.92. The molecule has 100 valence electrons. The van der Waals surface area contributed by atoms with E-state index in [-0.39, 0.29) is 0 Å². The van der Waals surface area contributed by atoms with Crippen molar-refractivity contribution in [3.05, 3.63) is 46.9 Å². The van der Waals surface area contributed by atoms with Gasteiger partial charge in [0.25, 0.3) is 0 Å². The van der Waals surface area contributed by atoms with Crippen molar-refractivity contribution in [3.63, 3.8) is 0 Å².